The zero-order valence-electron chi connectivity index (χ0n) is 11.5. The average molecular weight is 328 g/mol. The van der Waals surface area contributed by atoms with Crippen molar-refractivity contribution >= 4 is 35.3 Å². The number of carbonyl (C=O) groups is 2. The standard InChI is InChI=1S/C14H17FN2O2S2/c15-12-4-2-1-3-11(12)8-20-6-5-16-13(18)7-17-10-21-9-14(17)19/h1-4H,5-10H2,(H,16,18). The molecule has 0 aromatic heterocycles. The van der Waals surface area contributed by atoms with Gasteiger partial charge in [0.15, 0.2) is 0 Å². The molecule has 0 atom stereocenters. The van der Waals surface area contributed by atoms with Gasteiger partial charge in [-0.15, -0.1) is 11.8 Å². The van der Waals surface area contributed by atoms with Crippen LogP contribution in [0.1, 0.15) is 5.56 Å². The third-order valence-corrected chi connectivity index (χ3v) is 4.90. The lowest BCUT2D eigenvalue weighted by molar-refractivity contribution is -0.132. The predicted molar refractivity (Wildman–Crippen MR) is 84.6 cm³/mol. The van der Waals surface area contributed by atoms with Crippen LogP contribution in [0.5, 0.6) is 0 Å². The van der Waals surface area contributed by atoms with Gasteiger partial charge < -0.3 is 10.2 Å². The number of hydrogen-bond donors (Lipinski definition) is 1. The molecule has 1 fully saturated rings. The lowest BCUT2D eigenvalue weighted by Gasteiger charge is -2.14. The molecule has 0 radical (unpaired) electrons. The Labute approximate surface area is 131 Å². The molecule has 1 aliphatic heterocycles. The minimum atomic E-state index is -0.195. The number of thioether (sulfide) groups is 2. The molecule has 0 saturated carbocycles. The van der Waals surface area contributed by atoms with E-state index in [0.29, 0.717) is 35.2 Å². The van der Waals surface area contributed by atoms with Crippen molar-refractivity contribution in [2.24, 2.45) is 0 Å². The monoisotopic (exact) mass is 328 g/mol. The molecule has 2 rings (SSSR count). The summed E-state index contributed by atoms with van der Waals surface area (Å²) in [5, 5.41) is 2.77. The first-order valence-electron chi connectivity index (χ1n) is 6.60. The van der Waals surface area contributed by atoms with Crippen molar-refractivity contribution in [2.45, 2.75) is 5.75 Å². The lowest BCUT2D eigenvalue weighted by Crippen LogP contribution is -2.38. The normalized spacial score (nSPS) is 14.5. The maximum Gasteiger partial charge on any atom is 0.239 e. The quantitative estimate of drug-likeness (QED) is 0.774. The van der Waals surface area contributed by atoms with E-state index in [2.05, 4.69) is 5.32 Å². The Morgan fingerprint density at radius 1 is 1.43 bits per heavy atom. The maximum absolute atomic E-state index is 13.4. The van der Waals surface area contributed by atoms with Crippen molar-refractivity contribution in [1.82, 2.24) is 10.2 Å². The molecule has 0 aliphatic carbocycles. The van der Waals surface area contributed by atoms with Gasteiger partial charge in [0.1, 0.15) is 12.4 Å². The molecule has 21 heavy (non-hydrogen) atoms. The third-order valence-electron chi connectivity index (χ3n) is 2.94. The molecule has 2 amide bonds. The van der Waals surface area contributed by atoms with Crippen LogP contribution in [0.15, 0.2) is 24.3 Å². The molecule has 7 heteroatoms. The minimum absolute atomic E-state index is 0.0177. The maximum atomic E-state index is 13.4. The van der Waals surface area contributed by atoms with Crippen LogP contribution >= 0.6 is 23.5 Å². The van der Waals surface area contributed by atoms with Crippen molar-refractivity contribution in [3.05, 3.63) is 35.6 Å². The summed E-state index contributed by atoms with van der Waals surface area (Å²) in [7, 11) is 0. The lowest BCUT2D eigenvalue weighted by atomic mass is 10.2. The molecule has 1 aliphatic rings. The van der Waals surface area contributed by atoms with Gasteiger partial charge in [0.25, 0.3) is 0 Å². The first kappa shape index (κ1) is 16.2. The van der Waals surface area contributed by atoms with Gasteiger partial charge in [0.2, 0.25) is 11.8 Å². The van der Waals surface area contributed by atoms with Crippen LogP contribution in [0, 0.1) is 5.82 Å². The van der Waals surface area contributed by atoms with E-state index >= 15 is 0 Å². The Hall–Kier alpha value is -1.21. The second-order valence-corrected chi connectivity index (χ2v) is 6.62. The van der Waals surface area contributed by atoms with E-state index in [0.717, 1.165) is 0 Å². The summed E-state index contributed by atoms with van der Waals surface area (Å²) in [6.07, 6.45) is 0. The van der Waals surface area contributed by atoms with Crippen LogP contribution in [0.2, 0.25) is 0 Å². The number of nitrogens with zero attached hydrogens (tertiary/aromatic N) is 1. The first-order chi connectivity index (χ1) is 10.2. The van der Waals surface area contributed by atoms with Gasteiger partial charge in [0.05, 0.1) is 11.6 Å². The van der Waals surface area contributed by atoms with Gasteiger partial charge in [-0.3, -0.25) is 9.59 Å². The number of amides is 2. The fourth-order valence-corrected chi connectivity index (χ4v) is 3.58. The second-order valence-electron chi connectivity index (χ2n) is 4.56. The van der Waals surface area contributed by atoms with E-state index in [-0.39, 0.29) is 24.2 Å². The Morgan fingerprint density at radius 2 is 2.24 bits per heavy atom. The topological polar surface area (TPSA) is 49.4 Å². The van der Waals surface area contributed by atoms with Crippen LogP contribution in [0.25, 0.3) is 0 Å². The van der Waals surface area contributed by atoms with E-state index < -0.39 is 0 Å². The van der Waals surface area contributed by atoms with Crippen molar-refractivity contribution < 1.29 is 14.0 Å². The minimum Gasteiger partial charge on any atom is -0.354 e. The Bertz CT molecular complexity index is 514. The first-order valence-corrected chi connectivity index (χ1v) is 8.91. The zero-order valence-corrected chi connectivity index (χ0v) is 13.1. The fourth-order valence-electron chi connectivity index (χ4n) is 1.83. The molecule has 1 aromatic rings. The number of rotatable bonds is 7. The molecule has 4 nitrogen and oxygen atoms in total. The van der Waals surface area contributed by atoms with E-state index in [4.69, 9.17) is 0 Å². The van der Waals surface area contributed by atoms with E-state index in [1.165, 1.54) is 17.8 Å². The number of carbonyl (C=O) groups excluding carboxylic acids is 2. The Balaban J connectivity index is 1.58. The van der Waals surface area contributed by atoms with Crippen LogP contribution < -0.4 is 5.32 Å². The van der Waals surface area contributed by atoms with Crippen molar-refractivity contribution in [2.75, 3.05) is 30.5 Å². The van der Waals surface area contributed by atoms with E-state index in [1.54, 1.807) is 28.8 Å². The second kappa shape index (κ2) is 8.29. The number of benzene rings is 1. The summed E-state index contributed by atoms with van der Waals surface area (Å²) in [5.74, 6) is 2.03. The smallest absolute Gasteiger partial charge is 0.239 e. The van der Waals surface area contributed by atoms with Crippen molar-refractivity contribution in [1.29, 1.82) is 0 Å². The highest BCUT2D eigenvalue weighted by Crippen LogP contribution is 2.15. The molecular formula is C14H17FN2O2S2. The molecule has 1 aromatic carbocycles. The van der Waals surface area contributed by atoms with E-state index in [9.17, 15) is 14.0 Å². The van der Waals surface area contributed by atoms with Gasteiger partial charge in [0, 0.05) is 18.1 Å². The molecule has 1 saturated heterocycles. The van der Waals surface area contributed by atoms with Crippen LogP contribution in [-0.2, 0) is 15.3 Å². The van der Waals surface area contributed by atoms with Gasteiger partial charge in [-0.25, -0.2) is 4.39 Å². The molecule has 0 unspecified atom stereocenters. The fraction of sp³-hybridized carbons (Fsp3) is 0.429. The van der Waals surface area contributed by atoms with Gasteiger partial charge >= 0.3 is 0 Å². The average Bonchev–Trinajstić information content (AvgIpc) is 2.86. The third kappa shape index (κ3) is 5.24. The molecule has 0 spiro atoms. The summed E-state index contributed by atoms with van der Waals surface area (Å²) in [6.45, 7) is 0.650. The summed E-state index contributed by atoms with van der Waals surface area (Å²) in [6, 6.07) is 6.69. The molecule has 0 bridgehead atoms. The predicted octanol–water partition coefficient (Wildman–Crippen LogP) is 1.71. The highest BCUT2D eigenvalue weighted by atomic mass is 32.2. The van der Waals surface area contributed by atoms with Gasteiger partial charge in [-0.05, 0) is 11.6 Å². The number of hydrogen-bond acceptors (Lipinski definition) is 4. The molecule has 1 heterocycles. The van der Waals surface area contributed by atoms with Crippen LogP contribution in [-0.4, -0.2) is 47.2 Å². The summed E-state index contributed by atoms with van der Waals surface area (Å²) in [4.78, 5) is 24.6. The highest BCUT2D eigenvalue weighted by Gasteiger charge is 2.22. The summed E-state index contributed by atoms with van der Waals surface area (Å²) in [5.41, 5.74) is 0.675. The van der Waals surface area contributed by atoms with E-state index in [1.807, 2.05) is 6.07 Å². The largest absolute Gasteiger partial charge is 0.354 e. The zero-order chi connectivity index (χ0) is 15.1. The van der Waals surface area contributed by atoms with Crippen LogP contribution in [0.4, 0.5) is 4.39 Å². The van der Waals surface area contributed by atoms with Crippen molar-refractivity contribution in [3.8, 4) is 0 Å². The van der Waals surface area contributed by atoms with Crippen molar-refractivity contribution in [3.63, 3.8) is 0 Å². The van der Waals surface area contributed by atoms with Crippen LogP contribution in [0.3, 0.4) is 0 Å². The molecule has 114 valence electrons. The molecular weight excluding hydrogens is 311 g/mol. The molecule has 1 N–H and O–H groups in total. The van der Waals surface area contributed by atoms with Gasteiger partial charge in [-0.1, -0.05) is 18.2 Å². The number of halogens is 1. The summed E-state index contributed by atoms with van der Waals surface area (Å²) < 4.78 is 13.4. The van der Waals surface area contributed by atoms with Gasteiger partial charge in [-0.2, -0.15) is 11.8 Å². The Morgan fingerprint density at radius 3 is 2.95 bits per heavy atom. The Kier molecular flexibility index (Phi) is 6.38. The summed E-state index contributed by atoms with van der Waals surface area (Å²) >= 11 is 3.09. The number of nitrogens with one attached hydrogen (secondary N) is 1. The highest BCUT2D eigenvalue weighted by molar-refractivity contribution is 8.00. The SMILES string of the molecule is O=C(CN1CSCC1=O)NCCSCc1ccccc1F.